The van der Waals surface area contributed by atoms with Crippen LogP contribution in [0.2, 0.25) is 0 Å². The molecule has 5 rings (SSSR count). The molecular weight excluding hydrogens is 518 g/mol. The van der Waals surface area contributed by atoms with Gasteiger partial charge in [-0.1, -0.05) is 6.07 Å². The molecule has 190 valence electrons. The molecule has 10 nitrogen and oxygen atoms in total. The third-order valence-corrected chi connectivity index (χ3v) is 6.73. The van der Waals surface area contributed by atoms with Gasteiger partial charge in [0.05, 0.1) is 24.6 Å². The van der Waals surface area contributed by atoms with Crippen molar-refractivity contribution in [2.24, 2.45) is 0 Å². The van der Waals surface area contributed by atoms with E-state index >= 15 is 8.78 Å². The number of sulfonamides is 1. The SMILES string of the molecule is COc1ncc(F)cc1S(=O)(=O)Nc1ccc(F)c(-c2ccc3c(-c4nnc(C)[nH]4)n[nH]c3c2F)c1F. The maximum absolute atomic E-state index is 15.5. The normalized spacial score (nSPS) is 11.7. The third-order valence-electron chi connectivity index (χ3n) is 5.37. The maximum atomic E-state index is 15.5. The van der Waals surface area contributed by atoms with Gasteiger partial charge in [-0.3, -0.25) is 9.82 Å². The topological polar surface area (TPSA) is 139 Å². The zero-order valence-electron chi connectivity index (χ0n) is 18.9. The molecule has 0 aliphatic carbocycles. The molecule has 0 bridgehead atoms. The average molecular weight is 533 g/mol. The predicted molar refractivity (Wildman–Crippen MR) is 123 cm³/mol. The number of rotatable bonds is 6. The number of ether oxygens (including phenoxy) is 1. The van der Waals surface area contributed by atoms with Gasteiger partial charge in [-0.15, -0.1) is 10.2 Å². The Bertz CT molecular complexity index is 1790. The molecular formula is C22H15F4N7O3S. The second kappa shape index (κ2) is 8.85. The number of nitrogens with zero attached hydrogens (tertiary/aromatic N) is 4. The van der Waals surface area contributed by atoms with E-state index in [0.29, 0.717) is 11.9 Å². The fourth-order valence-corrected chi connectivity index (χ4v) is 4.90. The van der Waals surface area contributed by atoms with Crippen LogP contribution in [0.4, 0.5) is 23.2 Å². The van der Waals surface area contributed by atoms with Gasteiger partial charge in [-0.05, 0) is 25.1 Å². The smallest absolute Gasteiger partial charge is 0.267 e. The molecule has 5 aromatic rings. The molecule has 0 unspecified atom stereocenters. The van der Waals surface area contributed by atoms with Crippen molar-refractivity contribution in [2.75, 3.05) is 11.8 Å². The van der Waals surface area contributed by atoms with Gasteiger partial charge in [0.1, 0.15) is 28.7 Å². The van der Waals surface area contributed by atoms with Crippen LogP contribution >= 0.6 is 0 Å². The Morgan fingerprint density at radius 2 is 1.81 bits per heavy atom. The molecule has 3 aromatic heterocycles. The van der Waals surface area contributed by atoms with Crippen LogP contribution in [0.25, 0.3) is 33.5 Å². The zero-order chi connectivity index (χ0) is 26.5. The fraction of sp³-hybridized carbons (Fsp3) is 0.0909. The first kappa shape index (κ1) is 24.2. The summed E-state index contributed by atoms with van der Waals surface area (Å²) in [6, 6.07) is 4.69. The van der Waals surface area contributed by atoms with Crippen LogP contribution < -0.4 is 9.46 Å². The number of hydrogen-bond acceptors (Lipinski definition) is 7. The number of aromatic nitrogens is 6. The standard InChI is InChI=1S/C22H15F4N7O3S/c1-9-28-21(32-29-9)20-12-4-3-11(17(25)19(12)30-31-20)16-13(24)5-6-14(18(16)26)33-37(34,35)15-7-10(23)8-27-22(15)36-2/h3-8,33H,1-2H3,(H,30,31)(H,28,29,32). The lowest BCUT2D eigenvalue weighted by molar-refractivity contribution is 0.382. The van der Waals surface area contributed by atoms with E-state index in [1.807, 2.05) is 4.72 Å². The van der Waals surface area contributed by atoms with Gasteiger partial charge in [0.2, 0.25) is 5.88 Å². The summed E-state index contributed by atoms with van der Waals surface area (Å²) in [6.07, 6.45) is 0.734. The first-order valence-corrected chi connectivity index (χ1v) is 11.9. The van der Waals surface area contributed by atoms with Crippen LogP contribution in [0.5, 0.6) is 5.88 Å². The van der Waals surface area contributed by atoms with Gasteiger partial charge in [0.15, 0.2) is 22.4 Å². The van der Waals surface area contributed by atoms with Gasteiger partial charge in [-0.25, -0.2) is 31.0 Å². The summed E-state index contributed by atoms with van der Waals surface area (Å²) < 4.78 is 91.8. The number of fused-ring (bicyclic) bond motifs is 1. The highest BCUT2D eigenvalue weighted by Gasteiger charge is 2.27. The Kier molecular flexibility index (Phi) is 5.78. The van der Waals surface area contributed by atoms with Crippen LogP contribution in [-0.2, 0) is 10.0 Å². The van der Waals surface area contributed by atoms with Crippen molar-refractivity contribution in [3.05, 3.63) is 65.6 Å². The highest BCUT2D eigenvalue weighted by atomic mass is 32.2. The van der Waals surface area contributed by atoms with Gasteiger partial charge >= 0.3 is 0 Å². The summed E-state index contributed by atoms with van der Waals surface area (Å²) in [5.41, 5.74) is -1.99. The van der Waals surface area contributed by atoms with Gasteiger partial charge in [-0.2, -0.15) is 5.10 Å². The number of H-pyrrole nitrogens is 2. The van der Waals surface area contributed by atoms with E-state index in [4.69, 9.17) is 4.74 Å². The molecule has 2 aromatic carbocycles. The number of aromatic amines is 2. The summed E-state index contributed by atoms with van der Waals surface area (Å²) >= 11 is 0. The number of hydrogen-bond donors (Lipinski definition) is 3. The minimum Gasteiger partial charge on any atom is -0.480 e. The number of pyridine rings is 1. The predicted octanol–water partition coefficient (Wildman–Crippen LogP) is 4.08. The molecule has 0 fully saturated rings. The highest BCUT2D eigenvalue weighted by Crippen LogP contribution is 2.37. The van der Waals surface area contributed by atoms with E-state index in [1.165, 1.54) is 6.07 Å². The summed E-state index contributed by atoms with van der Waals surface area (Å²) in [7, 11) is -3.54. The van der Waals surface area contributed by atoms with Gasteiger partial charge in [0.25, 0.3) is 10.0 Å². The van der Waals surface area contributed by atoms with Crippen molar-refractivity contribution in [1.82, 2.24) is 30.4 Å². The van der Waals surface area contributed by atoms with Crippen molar-refractivity contribution in [3.63, 3.8) is 0 Å². The molecule has 3 heterocycles. The zero-order valence-corrected chi connectivity index (χ0v) is 19.7. The molecule has 0 spiro atoms. The Balaban J connectivity index is 1.59. The van der Waals surface area contributed by atoms with Gasteiger partial charge in [0, 0.05) is 17.0 Å². The van der Waals surface area contributed by atoms with E-state index in [9.17, 15) is 17.2 Å². The van der Waals surface area contributed by atoms with E-state index in [2.05, 4.69) is 30.4 Å². The Labute approximate surface area is 205 Å². The van der Waals surface area contributed by atoms with Crippen molar-refractivity contribution in [1.29, 1.82) is 0 Å². The van der Waals surface area contributed by atoms with E-state index in [-0.39, 0.29) is 22.4 Å². The number of anilines is 1. The Morgan fingerprint density at radius 1 is 1.03 bits per heavy atom. The van der Waals surface area contributed by atoms with Crippen LogP contribution in [0.3, 0.4) is 0 Å². The summed E-state index contributed by atoms with van der Waals surface area (Å²) in [6.45, 7) is 1.66. The molecule has 3 N–H and O–H groups in total. The average Bonchev–Trinajstić information content (AvgIpc) is 3.48. The van der Waals surface area contributed by atoms with E-state index < -0.39 is 60.9 Å². The lowest BCUT2D eigenvalue weighted by Gasteiger charge is -2.14. The van der Waals surface area contributed by atoms with Crippen LogP contribution in [-0.4, -0.2) is 45.9 Å². The molecule has 0 atom stereocenters. The quantitative estimate of drug-likeness (QED) is 0.280. The number of nitrogens with one attached hydrogen (secondary N) is 3. The van der Waals surface area contributed by atoms with E-state index in [0.717, 1.165) is 31.5 Å². The van der Waals surface area contributed by atoms with Crippen LogP contribution in [0.15, 0.2) is 41.4 Å². The van der Waals surface area contributed by atoms with Crippen molar-refractivity contribution >= 4 is 26.6 Å². The minimum absolute atomic E-state index is 0.165. The Morgan fingerprint density at radius 3 is 2.51 bits per heavy atom. The van der Waals surface area contributed by atoms with Crippen molar-refractivity contribution < 1.29 is 30.7 Å². The van der Waals surface area contributed by atoms with Crippen molar-refractivity contribution in [2.45, 2.75) is 11.8 Å². The molecule has 0 aliphatic heterocycles. The monoisotopic (exact) mass is 533 g/mol. The summed E-state index contributed by atoms with van der Waals surface area (Å²) in [4.78, 5) is 5.67. The minimum atomic E-state index is -4.65. The third kappa shape index (κ3) is 4.12. The Hall–Kier alpha value is -4.53. The lowest BCUT2D eigenvalue weighted by Crippen LogP contribution is -2.16. The largest absolute Gasteiger partial charge is 0.480 e. The van der Waals surface area contributed by atoms with E-state index in [1.54, 1.807) is 6.92 Å². The highest BCUT2D eigenvalue weighted by molar-refractivity contribution is 7.92. The number of benzene rings is 2. The van der Waals surface area contributed by atoms with Crippen LogP contribution in [0.1, 0.15) is 5.82 Å². The number of halogens is 4. The summed E-state index contributed by atoms with van der Waals surface area (Å²) in [5.74, 6) is -4.29. The summed E-state index contributed by atoms with van der Waals surface area (Å²) in [5, 5.41) is 14.5. The molecule has 0 amide bonds. The first-order valence-electron chi connectivity index (χ1n) is 10.4. The maximum Gasteiger partial charge on any atom is 0.267 e. The van der Waals surface area contributed by atoms with Crippen LogP contribution in [0, 0.1) is 30.2 Å². The van der Waals surface area contributed by atoms with Gasteiger partial charge < -0.3 is 9.72 Å². The molecule has 0 saturated heterocycles. The fourth-order valence-electron chi connectivity index (χ4n) is 3.71. The van der Waals surface area contributed by atoms with Crippen molar-refractivity contribution in [3.8, 4) is 28.5 Å². The number of methoxy groups -OCH3 is 1. The lowest BCUT2D eigenvalue weighted by atomic mass is 10.0. The molecule has 0 saturated carbocycles. The number of aryl methyl sites for hydroxylation is 1. The molecule has 15 heteroatoms. The molecule has 0 radical (unpaired) electrons. The molecule has 37 heavy (non-hydrogen) atoms. The first-order chi connectivity index (χ1) is 17.6. The molecule has 0 aliphatic rings. The second-order valence-corrected chi connectivity index (χ2v) is 9.38. The second-order valence-electron chi connectivity index (χ2n) is 7.73.